The maximum atomic E-state index is 12.4. The molecule has 2 N–H and O–H groups in total. The Balaban J connectivity index is 2.23. The van der Waals surface area contributed by atoms with E-state index in [4.69, 9.17) is 5.73 Å². The smallest absolute Gasteiger partial charge is 0.330 e. The van der Waals surface area contributed by atoms with Gasteiger partial charge in [0.15, 0.2) is 5.82 Å². The molecule has 4 nitrogen and oxygen atoms in total. The van der Waals surface area contributed by atoms with Crippen LogP contribution in [0, 0.1) is 0 Å². The summed E-state index contributed by atoms with van der Waals surface area (Å²) in [6.07, 6.45) is -0.449. The number of pyridine rings is 1. The highest BCUT2D eigenvalue weighted by Crippen LogP contribution is 2.28. The van der Waals surface area contributed by atoms with Crippen LogP contribution in [0.15, 0.2) is 30.7 Å². The van der Waals surface area contributed by atoms with Crippen molar-refractivity contribution in [3.63, 3.8) is 0 Å². The van der Waals surface area contributed by atoms with Crippen LogP contribution in [0.3, 0.4) is 0 Å². The fourth-order valence-corrected chi connectivity index (χ4v) is 1.46. The van der Waals surface area contributed by atoms with Gasteiger partial charge in [0.1, 0.15) is 0 Å². The van der Waals surface area contributed by atoms with Gasteiger partial charge in [-0.3, -0.25) is 0 Å². The fraction of sp³-hybridized carbons (Fsp3) is 0.273. The van der Waals surface area contributed by atoms with E-state index < -0.39 is 11.7 Å². The first-order valence-electron chi connectivity index (χ1n) is 5.28. The lowest BCUT2D eigenvalue weighted by Gasteiger charge is -2.03. The first kappa shape index (κ1) is 12.6. The Morgan fingerprint density at radius 1 is 1.22 bits per heavy atom. The SMILES string of the molecule is NCCc1ccc(-n2cc(C(F)(F)F)cn2)nc1. The lowest BCUT2D eigenvalue weighted by molar-refractivity contribution is -0.137. The van der Waals surface area contributed by atoms with E-state index in [0.29, 0.717) is 18.8 Å². The van der Waals surface area contributed by atoms with E-state index in [1.807, 2.05) is 0 Å². The highest BCUT2D eigenvalue weighted by molar-refractivity contribution is 5.26. The first-order chi connectivity index (χ1) is 8.50. The summed E-state index contributed by atoms with van der Waals surface area (Å²) in [6.45, 7) is 0.501. The number of hydrogen-bond donors (Lipinski definition) is 1. The Morgan fingerprint density at radius 3 is 2.50 bits per heavy atom. The minimum Gasteiger partial charge on any atom is -0.330 e. The topological polar surface area (TPSA) is 56.7 Å². The predicted molar refractivity (Wildman–Crippen MR) is 59.1 cm³/mol. The molecule has 0 amide bonds. The molecule has 0 radical (unpaired) electrons. The second-order valence-corrected chi connectivity index (χ2v) is 3.73. The van der Waals surface area contributed by atoms with E-state index in [9.17, 15) is 13.2 Å². The molecule has 2 aromatic heterocycles. The van der Waals surface area contributed by atoms with Crippen LogP contribution in [-0.2, 0) is 12.6 Å². The maximum absolute atomic E-state index is 12.4. The molecule has 0 aliphatic heterocycles. The molecule has 0 fully saturated rings. The number of rotatable bonds is 3. The van der Waals surface area contributed by atoms with Crippen molar-refractivity contribution in [3.05, 3.63) is 41.9 Å². The summed E-state index contributed by atoms with van der Waals surface area (Å²) in [7, 11) is 0. The normalized spacial score (nSPS) is 11.8. The molecule has 0 spiro atoms. The van der Waals surface area contributed by atoms with Gasteiger partial charge in [-0.25, -0.2) is 9.67 Å². The Labute approximate surface area is 101 Å². The van der Waals surface area contributed by atoms with Crippen LogP contribution in [0.1, 0.15) is 11.1 Å². The Hall–Kier alpha value is -1.89. The van der Waals surface area contributed by atoms with Crippen LogP contribution in [0.4, 0.5) is 13.2 Å². The van der Waals surface area contributed by atoms with Crippen LogP contribution in [0.2, 0.25) is 0 Å². The molecule has 2 rings (SSSR count). The minimum absolute atomic E-state index is 0.339. The van der Waals surface area contributed by atoms with Crippen molar-refractivity contribution >= 4 is 0 Å². The molecule has 0 aromatic carbocycles. The van der Waals surface area contributed by atoms with Crippen molar-refractivity contribution in [2.75, 3.05) is 6.54 Å². The summed E-state index contributed by atoms with van der Waals surface area (Å²) in [5.41, 5.74) is 5.53. The lowest BCUT2D eigenvalue weighted by Crippen LogP contribution is -2.05. The summed E-state index contributed by atoms with van der Waals surface area (Å²) < 4.78 is 38.3. The van der Waals surface area contributed by atoms with E-state index in [1.54, 1.807) is 18.3 Å². The zero-order valence-corrected chi connectivity index (χ0v) is 9.35. The molecule has 0 aliphatic rings. The molecule has 0 aliphatic carbocycles. The number of halogens is 3. The first-order valence-corrected chi connectivity index (χ1v) is 5.28. The average molecular weight is 256 g/mol. The molecule has 2 heterocycles. The molecule has 2 aromatic rings. The second kappa shape index (κ2) is 4.77. The number of nitrogens with zero attached hydrogens (tertiary/aromatic N) is 3. The van der Waals surface area contributed by atoms with Gasteiger partial charge in [0.2, 0.25) is 0 Å². The summed E-state index contributed by atoms with van der Waals surface area (Å²) in [4.78, 5) is 4.04. The second-order valence-electron chi connectivity index (χ2n) is 3.73. The van der Waals surface area contributed by atoms with Gasteiger partial charge in [0.25, 0.3) is 0 Å². The van der Waals surface area contributed by atoms with E-state index >= 15 is 0 Å². The average Bonchev–Trinajstić information content (AvgIpc) is 2.79. The molecule has 18 heavy (non-hydrogen) atoms. The van der Waals surface area contributed by atoms with Gasteiger partial charge in [0.05, 0.1) is 11.8 Å². The summed E-state index contributed by atoms with van der Waals surface area (Å²) in [6, 6.07) is 3.38. The van der Waals surface area contributed by atoms with Gasteiger partial charge in [-0.15, -0.1) is 0 Å². The summed E-state index contributed by atoms with van der Waals surface area (Å²) in [5.74, 6) is 0.339. The molecule has 96 valence electrons. The number of nitrogens with two attached hydrogens (primary N) is 1. The molecule has 0 bridgehead atoms. The summed E-state index contributed by atoms with van der Waals surface area (Å²) in [5, 5.41) is 3.64. The molecule has 7 heteroatoms. The Morgan fingerprint density at radius 2 is 2.00 bits per heavy atom. The monoisotopic (exact) mass is 256 g/mol. The standard InChI is InChI=1S/C11H11F3N4/c12-11(13,14)9-6-17-18(7-9)10-2-1-8(3-4-15)5-16-10/h1-2,5-7H,3-4,15H2. The largest absolute Gasteiger partial charge is 0.419 e. The van der Waals surface area contributed by atoms with Crippen LogP contribution in [-0.4, -0.2) is 21.3 Å². The van der Waals surface area contributed by atoms with Gasteiger partial charge in [-0.2, -0.15) is 18.3 Å². The van der Waals surface area contributed by atoms with Crippen LogP contribution < -0.4 is 5.73 Å². The van der Waals surface area contributed by atoms with Crippen molar-refractivity contribution in [3.8, 4) is 5.82 Å². The third-order valence-electron chi connectivity index (χ3n) is 2.39. The van der Waals surface area contributed by atoms with Gasteiger partial charge in [0, 0.05) is 12.4 Å². The highest BCUT2D eigenvalue weighted by Gasteiger charge is 2.32. The number of aromatic nitrogens is 3. The predicted octanol–water partition coefficient (Wildman–Crippen LogP) is 1.79. The molecular formula is C11H11F3N4. The molecule has 0 unspecified atom stereocenters. The van der Waals surface area contributed by atoms with Crippen LogP contribution >= 0.6 is 0 Å². The highest BCUT2D eigenvalue weighted by atomic mass is 19.4. The lowest BCUT2D eigenvalue weighted by atomic mass is 10.2. The van der Waals surface area contributed by atoms with E-state index in [0.717, 1.165) is 22.6 Å². The third kappa shape index (κ3) is 2.67. The van der Waals surface area contributed by atoms with Gasteiger partial charge < -0.3 is 5.73 Å². The van der Waals surface area contributed by atoms with Gasteiger partial charge >= 0.3 is 6.18 Å². The summed E-state index contributed by atoms with van der Waals surface area (Å²) >= 11 is 0. The third-order valence-corrected chi connectivity index (χ3v) is 2.39. The van der Waals surface area contributed by atoms with Crippen molar-refractivity contribution in [1.29, 1.82) is 0 Å². The minimum atomic E-state index is -4.39. The van der Waals surface area contributed by atoms with Crippen molar-refractivity contribution in [2.45, 2.75) is 12.6 Å². The Kier molecular flexibility index (Phi) is 3.33. The number of hydrogen-bond acceptors (Lipinski definition) is 3. The van der Waals surface area contributed by atoms with Gasteiger partial charge in [-0.05, 0) is 24.6 Å². The fourth-order valence-electron chi connectivity index (χ4n) is 1.46. The van der Waals surface area contributed by atoms with Crippen molar-refractivity contribution < 1.29 is 13.2 Å². The number of alkyl halides is 3. The van der Waals surface area contributed by atoms with Gasteiger partial charge in [-0.1, -0.05) is 6.07 Å². The zero-order chi connectivity index (χ0) is 13.2. The van der Waals surface area contributed by atoms with Crippen LogP contribution in [0.25, 0.3) is 5.82 Å². The van der Waals surface area contributed by atoms with Crippen LogP contribution in [0.5, 0.6) is 0 Å². The van der Waals surface area contributed by atoms with E-state index in [-0.39, 0.29) is 0 Å². The van der Waals surface area contributed by atoms with Crippen molar-refractivity contribution in [2.24, 2.45) is 5.73 Å². The van der Waals surface area contributed by atoms with Crippen molar-refractivity contribution in [1.82, 2.24) is 14.8 Å². The molecule has 0 atom stereocenters. The molecule has 0 saturated carbocycles. The Bertz CT molecular complexity index is 516. The molecule has 0 saturated heterocycles. The molecular weight excluding hydrogens is 245 g/mol. The zero-order valence-electron chi connectivity index (χ0n) is 9.35. The quantitative estimate of drug-likeness (QED) is 0.910. The van der Waals surface area contributed by atoms with E-state index in [2.05, 4.69) is 10.1 Å². The van der Waals surface area contributed by atoms with E-state index in [1.165, 1.54) is 0 Å². The maximum Gasteiger partial charge on any atom is 0.419 e.